The number of benzene rings is 1. The Bertz CT molecular complexity index is 329. The number of hydrogen-bond donors (Lipinski definition) is 1. The average molecular weight is 206 g/mol. The highest BCUT2D eigenvalue weighted by Crippen LogP contribution is 2.32. The Kier molecular flexibility index (Phi) is 3.40. The molecule has 1 unspecified atom stereocenters. The predicted molar refractivity (Wildman–Crippen MR) is 67.0 cm³/mol. The van der Waals surface area contributed by atoms with Crippen molar-refractivity contribution < 1.29 is 0 Å². The van der Waals surface area contributed by atoms with Crippen LogP contribution < -0.4 is 5.73 Å². The molecule has 0 saturated heterocycles. The van der Waals surface area contributed by atoms with Crippen LogP contribution in [-0.4, -0.2) is 25.0 Å². The second-order valence-corrected chi connectivity index (χ2v) is 4.95. The molecule has 0 aliphatic heterocycles. The Hall–Kier alpha value is -1.02. The van der Waals surface area contributed by atoms with Crippen LogP contribution in [0.2, 0.25) is 0 Å². The van der Waals surface area contributed by atoms with E-state index < -0.39 is 0 Å². The highest BCUT2D eigenvalue weighted by Gasteiger charge is 2.30. The number of hydrogen-bond acceptors (Lipinski definition) is 2. The number of rotatable bonds is 3. The first-order chi connectivity index (χ1) is 6.87. The van der Waals surface area contributed by atoms with Gasteiger partial charge in [0.15, 0.2) is 0 Å². The quantitative estimate of drug-likeness (QED) is 0.770. The lowest BCUT2D eigenvalue weighted by molar-refractivity contribution is 0.217. The van der Waals surface area contributed by atoms with Crippen molar-refractivity contribution in [3.05, 3.63) is 29.8 Å². The molecule has 1 rings (SSSR count). The molecule has 2 nitrogen and oxygen atoms in total. The standard InChI is InChI=1S/C13H22N2/c1-10(15(4)5)13(2,3)11-8-6-7-9-12(11)14/h6-10H,14H2,1-5H3. The summed E-state index contributed by atoms with van der Waals surface area (Å²) in [4.78, 5) is 2.23. The third-order valence-electron chi connectivity index (χ3n) is 3.47. The molecule has 0 fully saturated rings. The smallest absolute Gasteiger partial charge is 0.0352 e. The van der Waals surface area contributed by atoms with Gasteiger partial charge in [-0.2, -0.15) is 0 Å². The number of anilines is 1. The molecule has 0 aliphatic carbocycles. The molecule has 84 valence electrons. The average Bonchev–Trinajstić information content (AvgIpc) is 2.16. The Morgan fingerprint density at radius 3 is 2.20 bits per heavy atom. The van der Waals surface area contributed by atoms with Crippen molar-refractivity contribution in [3.63, 3.8) is 0 Å². The third-order valence-corrected chi connectivity index (χ3v) is 3.47. The SMILES string of the molecule is CC(N(C)C)C(C)(C)c1ccccc1N. The van der Waals surface area contributed by atoms with Crippen molar-refractivity contribution >= 4 is 5.69 Å². The lowest BCUT2D eigenvalue weighted by Crippen LogP contribution is -2.42. The third kappa shape index (κ3) is 2.32. The molecule has 0 radical (unpaired) electrons. The Labute approximate surface area is 93.1 Å². The van der Waals surface area contributed by atoms with Crippen molar-refractivity contribution in [2.75, 3.05) is 19.8 Å². The molecule has 15 heavy (non-hydrogen) atoms. The minimum atomic E-state index is 0.0643. The van der Waals surface area contributed by atoms with Gasteiger partial charge in [0.2, 0.25) is 0 Å². The van der Waals surface area contributed by atoms with Gasteiger partial charge in [-0.05, 0) is 32.6 Å². The summed E-state index contributed by atoms with van der Waals surface area (Å²) < 4.78 is 0. The largest absolute Gasteiger partial charge is 0.398 e. The van der Waals surface area contributed by atoms with Crippen LogP contribution in [0.15, 0.2) is 24.3 Å². The van der Waals surface area contributed by atoms with Gasteiger partial charge in [0.05, 0.1) is 0 Å². The number of likely N-dealkylation sites (N-methyl/N-ethyl adjacent to an activating group) is 1. The van der Waals surface area contributed by atoms with Gasteiger partial charge >= 0.3 is 0 Å². The normalized spacial score (nSPS) is 14.3. The number of nitrogens with zero attached hydrogens (tertiary/aromatic N) is 1. The van der Waals surface area contributed by atoms with E-state index in [4.69, 9.17) is 5.73 Å². The van der Waals surface area contributed by atoms with Crippen LogP contribution in [0.3, 0.4) is 0 Å². The summed E-state index contributed by atoms with van der Waals surface area (Å²) in [7, 11) is 4.21. The van der Waals surface area contributed by atoms with Crippen molar-refractivity contribution in [2.45, 2.75) is 32.2 Å². The van der Waals surface area contributed by atoms with E-state index in [0.717, 1.165) is 5.69 Å². The molecule has 0 amide bonds. The monoisotopic (exact) mass is 206 g/mol. The second-order valence-electron chi connectivity index (χ2n) is 4.95. The van der Waals surface area contributed by atoms with Crippen molar-refractivity contribution in [2.24, 2.45) is 0 Å². The molecule has 0 bridgehead atoms. The minimum absolute atomic E-state index is 0.0643. The lowest BCUT2D eigenvalue weighted by atomic mass is 9.77. The molecule has 2 N–H and O–H groups in total. The maximum Gasteiger partial charge on any atom is 0.0352 e. The van der Waals surface area contributed by atoms with Crippen molar-refractivity contribution in [3.8, 4) is 0 Å². The van der Waals surface area contributed by atoms with Gasteiger partial charge in [0.1, 0.15) is 0 Å². The van der Waals surface area contributed by atoms with Gasteiger partial charge in [-0.25, -0.2) is 0 Å². The summed E-state index contributed by atoms with van der Waals surface area (Å²) in [6, 6.07) is 8.57. The van der Waals surface area contributed by atoms with Gasteiger partial charge in [-0.3, -0.25) is 0 Å². The maximum atomic E-state index is 6.03. The van der Waals surface area contributed by atoms with Crippen LogP contribution in [-0.2, 0) is 5.41 Å². The molecular formula is C13H22N2. The first-order valence-electron chi connectivity index (χ1n) is 5.38. The highest BCUT2D eigenvalue weighted by atomic mass is 15.1. The number of para-hydroxylation sites is 1. The fraction of sp³-hybridized carbons (Fsp3) is 0.538. The van der Waals surface area contributed by atoms with E-state index in [1.807, 2.05) is 12.1 Å². The topological polar surface area (TPSA) is 29.3 Å². The first kappa shape index (κ1) is 12.1. The van der Waals surface area contributed by atoms with Gasteiger partial charge in [0, 0.05) is 17.1 Å². The van der Waals surface area contributed by atoms with E-state index in [-0.39, 0.29) is 5.41 Å². The van der Waals surface area contributed by atoms with Crippen LogP contribution in [0.1, 0.15) is 26.3 Å². The highest BCUT2D eigenvalue weighted by molar-refractivity contribution is 5.50. The van der Waals surface area contributed by atoms with E-state index >= 15 is 0 Å². The van der Waals surface area contributed by atoms with Gasteiger partial charge in [-0.1, -0.05) is 32.0 Å². The fourth-order valence-electron chi connectivity index (χ4n) is 1.95. The predicted octanol–water partition coefficient (Wildman–Crippen LogP) is 2.50. The molecule has 0 spiro atoms. The molecule has 0 aliphatic rings. The fourth-order valence-corrected chi connectivity index (χ4v) is 1.95. The Morgan fingerprint density at radius 2 is 1.73 bits per heavy atom. The van der Waals surface area contributed by atoms with E-state index in [2.05, 4.69) is 51.9 Å². The van der Waals surface area contributed by atoms with E-state index in [1.165, 1.54) is 5.56 Å². The summed E-state index contributed by atoms with van der Waals surface area (Å²) in [5, 5.41) is 0. The first-order valence-corrected chi connectivity index (χ1v) is 5.38. The number of nitrogens with two attached hydrogens (primary N) is 1. The summed E-state index contributed by atoms with van der Waals surface area (Å²) in [5.41, 5.74) is 8.20. The Morgan fingerprint density at radius 1 is 1.20 bits per heavy atom. The maximum absolute atomic E-state index is 6.03. The zero-order valence-electron chi connectivity index (χ0n) is 10.4. The summed E-state index contributed by atoms with van der Waals surface area (Å²) in [5.74, 6) is 0. The molecular weight excluding hydrogens is 184 g/mol. The van der Waals surface area contributed by atoms with Gasteiger partial charge < -0.3 is 10.6 Å². The van der Waals surface area contributed by atoms with Crippen LogP contribution in [0.5, 0.6) is 0 Å². The molecule has 1 atom stereocenters. The van der Waals surface area contributed by atoms with Gasteiger partial charge in [-0.15, -0.1) is 0 Å². The van der Waals surface area contributed by atoms with E-state index in [0.29, 0.717) is 6.04 Å². The molecule has 0 saturated carbocycles. The van der Waals surface area contributed by atoms with Crippen LogP contribution in [0.25, 0.3) is 0 Å². The molecule has 1 aromatic carbocycles. The molecule has 1 aromatic rings. The summed E-state index contributed by atoms with van der Waals surface area (Å²) in [6.07, 6.45) is 0. The summed E-state index contributed by atoms with van der Waals surface area (Å²) >= 11 is 0. The van der Waals surface area contributed by atoms with Crippen LogP contribution in [0, 0.1) is 0 Å². The van der Waals surface area contributed by atoms with Crippen LogP contribution >= 0.6 is 0 Å². The van der Waals surface area contributed by atoms with Crippen molar-refractivity contribution in [1.82, 2.24) is 4.90 Å². The zero-order chi connectivity index (χ0) is 11.6. The minimum Gasteiger partial charge on any atom is -0.398 e. The lowest BCUT2D eigenvalue weighted by Gasteiger charge is -2.37. The van der Waals surface area contributed by atoms with Gasteiger partial charge in [0.25, 0.3) is 0 Å². The zero-order valence-corrected chi connectivity index (χ0v) is 10.4. The molecule has 0 aromatic heterocycles. The molecule has 0 heterocycles. The van der Waals surface area contributed by atoms with E-state index in [1.54, 1.807) is 0 Å². The Balaban J connectivity index is 3.11. The van der Waals surface area contributed by atoms with Crippen molar-refractivity contribution in [1.29, 1.82) is 0 Å². The van der Waals surface area contributed by atoms with Crippen LogP contribution in [0.4, 0.5) is 5.69 Å². The van der Waals surface area contributed by atoms with E-state index in [9.17, 15) is 0 Å². The second kappa shape index (κ2) is 4.23. The summed E-state index contributed by atoms with van der Waals surface area (Å²) in [6.45, 7) is 6.71. The number of nitrogen functional groups attached to an aromatic ring is 1. The molecule has 2 heteroatoms.